The Bertz CT molecular complexity index is 601. The Hall–Kier alpha value is -1.38. The fourth-order valence-electron chi connectivity index (χ4n) is 1.47. The summed E-state index contributed by atoms with van der Waals surface area (Å²) in [6.07, 6.45) is 2.82. The summed E-state index contributed by atoms with van der Waals surface area (Å²) in [5, 5.41) is 17.0. The van der Waals surface area contributed by atoms with Gasteiger partial charge in [-0.25, -0.2) is 8.42 Å². The molecule has 0 saturated heterocycles. The fraction of sp³-hybridized carbons (Fsp3) is 0.222. The second-order valence-electron chi connectivity index (χ2n) is 3.42. The number of rotatable bonds is 4. The first-order valence-electron chi connectivity index (χ1n) is 4.74. The Labute approximate surface area is 102 Å². The van der Waals surface area contributed by atoms with Crippen molar-refractivity contribution in [1.82, 2.24) is 10.2 Å². The Balaban J connectivity index is 2.41. The molecule has 0 spiro atoms. The monoisotopic (exact) mass is 273 g/mol. The van der Waals surface area contributed by atoms with Crippen LogP contribution in [0.2, 0.25) is 0 Å². The largest absolute Gasteiger partial charge is 0.391 e. The molecule has 17 heavy (non-hydrogen) atoms. The lowest BCUT2D eigenvalue weighted by atomic mass is 10.3. The number of hydrogen-bond donors (Lipinski definition) is 3. The normalized spacial score (nSPS) is 11.6. The van der Waals surface area contributed by atoms with Gasteiger partial charge in [0.15, 0.2) is 0 Å². The van der Waals surface area contributed by atoms with E-state index in [9.17, 15) is 8.42 Å². The Morgan fingerprint density at radius 2 is 2.35 bits per heavy atom. The SMILES string of the molecule is Cc1csc(CO)c1S(=O)(=O)Nc1cn[nH]c1. The van der Waals surface area contributed by atoms with E-state index >= 15 is 0 Å². The van der Waals surface area contributed by atoms with Crippen LogP contribution in [0.4, 0.5) is 5.69 Å². The van der Waals surface area contributed by atoms with E-state index in [0.29, 0.717) is 16.1 Å². The maximum atomic E-state index is 12.1. The molecule has 0 atom stereocenters. The van der Waals surface area contributed by atoms with E-state index < -0.39 is 10.0 Å². The van der Waals surface area contributed by atoms with E-state index in [-0.39, 0.29) is 11.5 Å². The number of anilines is 1. The van der Waals surface area contributed by atoms with Crippen LogP contribution in [0.3, 0.4) is 0 Å². The van der Waals surface area contributed by atoms with E-state index in [4.69, 9.17) is 5.11 Å². The summed E-state index contributed by atoms with van der Waals surface area (Å²) in [5.41, 5.74) is 0.981. The summed E-state index contributed by atoms with van der Waals surface area (Å²) in [6, 6.07) is 0. The van der Waals surface area contributed by atoms with Crippen molar-refractivity contribution in [3.63, 3.8) is 0 Å². The van der Waals surface area contributed by atoms with Crippen LogP contribution < -0.4 is 4.72 Å². The minimum Gasteiger partial charge on any atom is -0.391 e. The minimum absolute atomic E-state index is 0.145. The molecule has 2 aromatic rings. The highest BCUT2D eigenvalue weighted by atomic mass is 32.2. The zero-order chi connectivity index (χ0) is 12.5. The first kappa shape index (κ1) is 12.1. The number of hydrogen-bond acceptors (Lipinski definition) is 5. The smallest absolute Gasteiger partial charge is 0.263 e. The van der Waals surface area contributed by atoms with Gasteiger partial charge < -0.3 is 5.11 Å². The third-order valence-corrected chi connectivity index (χ3v) is 4.98. The molecule has 0 saturated carbocycles. The second-order valence-corrected chi connectivity index (χ2v) is 6.01. The standard InChI is InChI=1S/C9H11N3O3S2/c1-6-5-16-8(4-13)9(6)17(14,15)12-7-2-10-11-3-7/h2-3,5,12-13H,4H2,1H3,(H,10,11). The van der Waals surface area contributed by atoms with E-state index in [1.807, 2.05) is 0 Å². The summed E-state index contributed by atoms with van der Waals surface area (Å²) < 4.78 is 26.6. The van der Waals surface area contributed by atoms with Gasteiger partial charge in [-0.2, -0.15) is 5.10 Å². The van der Waals surface area contributed by atoms with Crippen LogP contribution in [0.1, 0.15) is 10.4 Å². The zero-order valence-corrected chi connectivity index (χ0v) is 10.6. The Morgan fingerprint density at radius 3 is 2.94 bits per heavy atom. The highest BCUT2D eigenvalue weighted by Crippen LogP contribution is 2.28. The quantitative estimate of drug-likeness (QED) is 0.776. The molecule has 0 aliphatic carbocycles. The van der Waals surface area contributed by atoms with E-state index in [1.165, 1.54) is 23.7 Å². The van der Waals surface area contributed by atoms with Crippen LogP contribution in [0.15, 0.2) is 22.7 Å². The maximum absolute atomic E-state index is 12.1. The molecular formula is C9H11N3O3S2. The number of aromatic nitrogens is 2. The summed E-state index contributed by atoms with van der Waals surface area (Å²) in [7, 11) is -3.67. The number of nitrogens with one attached hydrogen (secondary N) is 2. The van der Waals surface area contributed by atoms with Crippen LogP contribution >= 0.6 is 11.3 Å². The minimum atomic E-state index is -3.67. The van der Waals surface area contributed by atoms with Gasteiger partial charge in [0.25, 0.3) is 10.0 Å². The number of sulfonamides is 1. The molecule has 0 amide bonds. The number of aryl methyl sites for hydroxylation is 1. The molecule has 2 rings (SSSR count). The van der Waals surface area contributed by atoms with Gasteiger partial charge >= 0.3 is 0 Å². The topological polar surface area (TPSA) is 95.1 Å². The van der Waals surface area contributed by atoms with Gasteiger partial charge in [0.1, 0.15) is 4.90 Å². The summed E-state index contributed by atoms with van der Waals surface area (Å²) in [4.78, 5) is 0.574. The molecule has 0 fully saturated rings. The Morgan fingerprint density at radius 1 is 1.59 bits per heavy atom. The van der Waals surface area contributed by atoms with Gasteiger partial charge in [-0.1, -0.05) is 0 Å². The molecule has 8 heteroatoms. The van der Waals surface area contributed by atoms with Gasteiger partial charge in [-0.15, -0.1) is 11.3 Å². The van der Waals surface area contributed by atoms with E-state index in [2.05, 4.69) is 14.9 Å². The summed E-state index contributed by atoms with van der Waals surface area (Å²) in [5.74, 6) is 0. The van der Waals surface area contributed by atoms with Crippen LogP contribution in [0.25, 0.3) is 0 Å². The van der Waals surface area contributed by atoms with Gasteiger partial charge in [-0.3, -0.25) is 9.82 Å². The first-order valence-corrected chi connectivity index (χ1v) is 7.10. The average molecular weight is 273 g/mol. The lowest BCUT2D eigenvalue weighted by Crippen LogP contribution is -2.14. The van der Waals surface area contributed by atoms with Crippen LogP contribution in [0.5, 0.6) is 0 Å². The van der Waals surface area contributed by atoms with Gasteiger partial charge in [0.2, 0.25) is 0 Å². The van der Waals surface area contributed by atoms with Crippen molar-refractivity contribution in [3.05, 3.63) is 28.2 Å². The molecule has 0 aliphatic rings. The van der Waals surface area contributed by atoms with Crippen molar-refractivity contribution < 1.29 is 13.5 Å². The van der Waals surface area contributed by atoms with Crippen molar-refractivity contribution in [2.75, 3.05) is 4.72 Å². The van der Waals surface area contributed by atoms with Crippen molar-refractivity contribution >= 4 is 27.0 Å². The molecule has 0 unspecified atom stereocenters. The van der Waals surface area contributed by atoms with Crippen molar-refractivity contribution in [3.8, 4) is 0 Å². The molecule has 0 aliphatic heterocycles. The molecule has 0 bridgehead atoms. The van der Waals surface area contributed by atoms with E-state index in [1.54, 1.807) is 12.3 Å². The number of H-pyrrole nitrogens is 1. The third-order valence-electron chi connectivity index (χ3n) is 2.15. The lowest BCUT2D eigenvalue weighted by molar-refractivity contribution is 0.282. The highest BCUT2D eigenvalue weighted by Gasteiger charge is 2.22. The number of aromatic amines is 1. The fourth-order valence-corrected chi connectivity index (χ4v) is 4.17. The van der Waals surface area contributed by atoms with Crippen molar-refractivity contribution in [2.24, 2.45) is 0 Å². The summed E-state index contributed by atoms with van der Waals surface area (Å²) >= 11 is 1.22. The number of aliphatic hydroxyl groups is 1. The summed E-state index contributed by atoms with van der Waals surface area (Å²) in [6.45, 7) is 1.40. The van der Waals surface area contributed by atoms with E-state index in [0.717, 1.165) is 0 Å². The predicted octanol–water partition coefficient (Wildman–Crippen LogP) is 1.07. The van der Waals surface area contributed by atoms with Gasteiger partial charge in [0, 0.05) is 6.20 Å². The molecular weight excluding hydrogens is 262 g/mol. The van der Waals surface area contributed by atoms with Gasteiger partial charge in [0.05, 0.1) is 23.4 Å². The van der Waals surface area contributed by atoms with Crippen LogP contribution in [-0.2, 0) is 16.6 Å². The second kappa shape index (κ2) is 4.47. The zero-order valence-electron chi connectivity index (χ0n) is 8.97. The number of aliphatic hydroxyl groups excluding tert-OH is 1. The maximum Gasteiger partial charge on any atom is 0.263 e. The number of thiophene rings is 1. The Kier molecular flexibility index (Phi) is 3.18. The van der Waals surface area contributed by atoms with Gasteiger partial charge in [-0.05, 0) is 17.9 Å². The molecule has 6 nitrogen and oxygen atoms in total. The van der Waals surface area contributed by atoms with Crippen molar-refractivity contribution in [1.29, 1.82) is 0 Å². The van der Waals surface area contributed by atoms with Crippen molar-refractivity contribution in [2.45, 2.75) is 18.4 Å². The lowest BCUT2D eigenvalue weighted by Gasteiger charge is -2.07. The number of nitrogens with zero attached hydrogens (tertiary/aromatic N) is 1. The molecule has 3 N–H and O–H groups in total. The first-order chi connectivity index (χ1) is 8.04. The molecule has 0 aromatic carbocycles. The third kappa shape index (κ3) is 2.33. The predicted molar refractivity (Wildman–Crippen MR) is 64.4 cm³/mol. The van der Waals surface area contributed by atoms with Crippen LogP contribution in [0, 0.1) is 6.92 Å². The molecule has 0 radical (unpaired) electrons. The highest BCUT2D eigenvalue weighted by molar-refractivity contribution is 7.93. The molecule has 2 aromatic heterocycles. The van der Waals surface area contributed by atoms with Crippen LogP contribution in [-0.4, -0.2) is 23.7 Å². The molecule has 92 valence electrons. The molecule has 2 heterocycles. The average Bonchev–Trinajstić information content (AvgIpc) is 2.86.